The van der Waals surface area contributed by atoms with Gasteiger partial charge in [-0.1, -0.05) is 24.3 Å². The van der Waals surface area contributed by atoms with Gasteiger partial charge in [0, 0.05) is 38.4 Å². The lowest BCUT2D eigenvalue weighted by atomic mass is 9.96. The van der Waals surface area contributed by atoms with E-state index in [4.69, 9.17) is 0 Å². The van der Waals surface area contributed by atoms with Gasteiger partial charge in [0.15, 0.2) is 0 Å². The normalized spacial score (nSPS) is 16.0. The summed E-state index contributed by atoms with van der Waals surface area (Å²) in [6.45, 7) is 0.320. The molecule has 10 heteroatoms. The number of nitrogens with one attached hydrogen (secondary N) is 1. The maximum absolute atomic E-state index is 13.9. The molecule has 1 atom stereocenters. The molecule has 4 rings (SSSR count). The standard InChI is InChI=1S/C24H24FN5O3S/c1-29-14-11-27-23(29)22(18-6-4-7-20(25)15-18)28-24(31)17-9-12-30(13-10-17)34(32,33)21-8-3-2-5-19(21)16-26/h2-8,11,14-15,17,22H,9-10,12-13H2,1H3,(H,28,31). The minimum absolute atomic E-state index is 0.0265. The molecule has 8 nitrogen and oxygen atoms in total. The molecule has 0 saturated carbocycles. The second-order valence-corrected chi connectivity index (χ2v) is 10.1. The van der Waals surface area contributed by atoms with Gasteiger partial charge in [0.2, 0.25) is 15.9 Å². The van der Waals surface area contributed by atoms with Crippen molar-refractivity contribution in [3.63, 3.8) is 0 Å². The maximum Gasteiger partial charge on any atom is 0.244 e. The Hall–Kier alpha value is -3.55. The third-order valence-corrected chi connectivity index (χ3v) is 7.99. The number of amides is 1. The van der Waals surface area contributed by atoms with Gasteiger partial charge in [-0.2, -0.15) is 9.57 Å². The number of carbonyl (C=O) groups excluding carboxylic acids is 1. The molecule has 2 heterocycles. The number of aromatic nitrogens is 2. The summed E-state index contributed by atoms with van der Waals surface area (Å²) in [5.41, 5.74) is 0.658. The van der Waals surface area contributed by atoms with Crippen LogP contribution in [0.2, 0.25) is 0 Å². The van der Waals surface area contributed by atoms with Crippen molar-refractivity contribution in [2.45, 2.75) is 23.8 Å². The lowest BCUT2D eigenvalue weighted by Gasteiger charge is -2.31. The van der Waals surface area contributed by atoms with Crippen molar-refractivity contribution in [3.05, 3.63) is 83.7 Å². The topological polar surface area (TPSA) is 108 Å². The highest BCUT2D eigenvalue weighted by Crippen LogP contribution is 2.27. The number of halogens is 1. The minimum Gasteiger partial charge on any atom is -0.342 e. The zero-order valence-corrected chi connectivity index (χ0v) is 19.4. The number of sulfonamides is 1. The van der Waals surface area contributed by atoms with Gasteiger partial charge in [-0.3, -0.25) is 4.79 Å². The summed E-state index contributed by atoms with van der Waals surface area (Å²) in [5, 5.41) is 12.2. The Balaban J connectivity index is 1.48. The van der Waals surface area contributed by atoms with E-state index in [2.05, 4.69) is 10.3 Å². The fraction of sp³-hybridized carbons (Fsp3) is 0.292. The van der Waals surface area contributed by atoms with E-state index in [1.54, 1.807) is 48.3 Å². The Morgan fingerprint density at radius 3 is 2.59 bits per heavy atom. The predicted octanol–water partition coefficient (Wildman–Crippen LogP) is 2.74. The highest BCUT2D eigenvalue weighted by atomic mass is 32.2. The van der Waals surface area contributed by atoms with Gasteiger partial charge in [0.1, 0.15) is 23.8 Å². The SMILES string of the molecule is Cn1ccnc1C(NC(=O)C1CCN(S(=O)(=O)c2ccccc2C#N)CC1)c1cccc(F)c1. The molecule has 3 aromatic rings. The quantitative estimate of drug-likeness (QED) is 0.583. The van der Waals surface area contributed by atoms with E-state index in [1.165, 1.54) is 28.6 Å². The third-order valence-electron chi connectivity index (χ3n) is 6.04. The van der Waals surface area contributed by atoms with Crippen LogP contribution in [-0.2, 0) is 21.9 Å². The molecule has 1 saturated heterocycles. The van der Waals surface area contributed by atoms with Crippen LogP contribution in [0.1, 0.15) is 35.8 Å². The molecule has 1 aliphatic heterocycles. The van der Waals surface area contributed by atoms with E-state index in [0.717, 1.165) is 0 Å². The fourth-order valence-corrected chi connectivity index (χ4v) is 5.79. The number of nitrogens with zero attached hydrogens (tertiary/aromatic N) is 4. The molecular weight excluding hydrogens is 457 g/mol. The number of piperidine rings is 1. The lowest BCUT2D eigenvalue weighted by Crippen LogP contribution is -2.44. The van der Waals surface area contributed by atoms with Crippen LogP contribution in [0, 0.1) is 23.1 Å². The van der Waals surface area contributed by atoms with Crippen LogP contribution < -0.4 is 5.32 Å². The molecule has 1 fully saturated rings. The fourth-order valence-electron chi connectivity index (χ4n) is 4.18. The third kappa shape index (κ3) is 4.71. The summed E-state index contributed by atoms with van der Waals surface area (Å²) >= 11 is 0. The molecule has 1 unspecified atom stereocenters. The summed E-state index contributed by atoms with van der Waals surface area (Å²) < 4.78 is 43.1. The number of nitriles is 1. The first-order valence-corrected chi connectivity index (χ1v) is 12.3. The van der Waals surface area contributed by atoms with Crippen molar-refractivity contribution in [2.75, 3.05) is 13.1 Å². The number of imidazole rings is 1. The average molecular weight is 482 g/mol. The van der Waals surface area contributed by atoms with Gasteiger partial charge in [0.05, 0.1) is 10.5 Å². The first-order chi connectivity index (χ1) is 16.3. The second-order valence-electron chi connectivity index (χ2n) is 8.18. The molecule has 176 valence electrons. The van der Waals surface area contributed by atoms with Gasteiger partial charge in [-0.05, 0) is 42.7 Å². The zero-order valence-electron chi connectivity index (χ0n) is 18.6. The van der Waals surface area contributed by atoms with Gasteiger partial charge in [-0.15, -0.1) is 0 Å². The summed E-state index contributed by atoms with van der Waals surface area (Å²) in [4.78, 5) is 17.4. The molecule has 0 bridgehead atoms. The van der Waals surface area contributed by atoms with E-state index in [0.29, 0.717) is 24.2 Å². The Kier molecular flexibility index (Phi) is 6.77. The number of hydrogen-bond acceptors (Lipinski definition) is 5. The van der Waals surface area contributed by atoms with Gasteiger partial charge in [-0.25, -0.2) is 17.8 Å². The van der Waals surface area contributed by atoms with Crippen LogP contribution in [0.15, 0.2) is 65.8 Å². The van der Waals surface area contributed by atoms with Crippen LogP contribution in [0.3, 0.4) is 0 Å². The van der Waals surface area contributed by atoms with Gasteiger partial charge < -0.3 is 9.88 Å². The first-order valence-electron chi connectivity index (χ1n) is 10.8. The summed E-state index contributed by atoms with van der Waals surface area (Å²) in [5.74, 6) is -0.505. The average Bonchev–Trinajstić information content (AvgIpc) is 3.27. The van der Waals surface area contributed by atoms with Crippen LogP contribution in [-0.4, -0.2) is 41.3 Å². The lowest BCUT2D eigenvalue weighted by molar-refractivity contribution is -0.126. The van der Waals surface area contributed by atoms with E-state index in [1.807, 2.05) is 6.07 Å². The van der Waals surface area contributed by atoms with E-state index in [9.17, 15) is 22.9 Å². The molecule has 34 heavy (non-hydrogen) atoms. The highest BCUT2D eigenvalue weighted by Gasteiger charge is 2.34. The van der Waals surface area contributed by atoms with Crippen molar-refractivity contribution in [2.24, 2.45) is 13.0 Å². The number of hydrogen-bond donors (Lipinski definition) is 1. The largest absolute Gasteiger partial charge is 0.342 e. The Morgan fingerprint density at radius 2 is 1.94 bits per heavy atom. The second kappa shape index (κ2) is 9.75. The Labute approximate surface area is 197 Å². The number of aryl methyl sites for hydroxylation is 1. The minimum atomic E-state index is -3.84. The van der Waals surface area contributed by atoms with E-state index < -0.39 is 27.8 Å². The van der Waals surface area contributed by atoms with E-state index in [-0.39, 0.29) is 29.5 Å². The monoisotopic (exact) mass is 481 g/mol. The smallest absolute Gasteiger partial charge is 0.244 e. The number of benzene rings is 2. The molecular formula is C24H24FN5O3S. The zero-order chi connectivity index (χ0) is 24.3. The summed E-state index contributed by atoms with van der Waals surface area (Å²) in [6.07, 6.45) is 4.01. The molecule has 2 aromatic carbocycles. The molecule has 0 aliphatic carbocycles. The molecule has 1 amide bonds. The number of rotatable bonds is 6. The molecule has 1 aromatic heterocycles. The van der Waals surface area contributed by atoms with Crippen molar-refractivity contribution < 1.29 is 17.6 Å². The maximum atomic E-state index is 13.9. The molecule has 1 N–H and O–H groups in total. The van der Waals surface area contributed by atoms with Crippen molar-refractivity contribution in [1.29, 1.82) is 5.26 Å². The first kappa shape index (κ1) is 23.6. The molecule has 1 aliphatic rings. The molecule has 0 radical (unpaired) electrons. The summed E-state index contributed by atoms with van der Waals surface area (Å²) in [7, 11) is -2.05. The van der Waals surface area contributed by atoms with Crippen LogP contribution in [0.4, 0.5) is 4.39 Å². The molecule has 0 spiro atoms. The van der Waals surface area contributed by atoms with Crippen molar-refractivity contribution >= 4 is 15.9 Å². The highest BCUT2D eigenvalue weighted by molar-refractivity contribution is 7.89. The van der Waals surface area contributed by atoms with Crippen molar-refractivity contribution in [3.8, 4) is 6.07 Å². The van der Waals surface area contributed by atoms with E-state index >= 15 is 0 Å². The van der Waals surface area contributed by atoms with Crippen LogP contribution >= 0.6 is 0 Å². The van der Waals surface area contributed by atoms with Gasteiger partial charge >= 0.3 is 0 Å². The van der Waals surface area contributed by atoms with Gasteiger partial charge in [0.25, 0.3) is 0 Å². The Bertz CT molecular complexity index is 1340. The number of carbonyl (C=O) groups is 1. The van der Waals surface area contributed by atoms with Crippen LogP contribution in [0.5, 0.6) is 0 Å². The Morgan fingerprint density at radius 1 is 1.21 bits per heavy atom. The van der Waals surface area contributed by atoms with Crippen LogP contribution in [0.25, 0.3) is 0 Å². The predicted molar refractivity (Wildman–Crippen MR) is 122 cm³/mol. The summed E-state index contributed by atoms with van der Waals surface area (Å²) in [6, 6.07) is 13.4. The van der Waals surface area contributed by atoms with Crippen molar-refractivity contribution in [1.82, 2.24) is 19.2 Å².